The lowest BCUT2D eigenvalue weighted by Gasteiger charge is -2.49. The fourth-order valence-corrected chi connectivity index (χ4v) is 6.36. The molecule has 1 saturated heterocycles. The summed E-state index contributed by atoms with van der Waals surface area (Å²) in [5, 5.41) is 9.63. The van der Waals surface area contributed by atoms with Crippen molar-refractivity contribution >= 4 is 29.4 Å². The average molecular weight is 521 g/mol. The maximum absolute atomic E-state index is 14.5. The summed E-state index contributed by atoms with van der Waals surface area (Å²) in [7, 11) is 2.04. The van der Waals surface area contributed by atoms with Gasteiger partial charge in [-0.15, -0.1) is 0 Å². The highest BCUT2D eigenvalue weighted by molar-refractivity contribution is 6.33. The average Bonchev–Trinajstić information content (AvgIpc) is 2.92. The Kier molecular flexibility index (Phi) is 7.17. The molecular weight excluding hydrogens is 490 g/mol. The van der Waals surface area contributed by atoms with Crippen molar-refractivity contribution in [2.75, 3.05) is 25.0 Å². The summed E-state index contributed by atoms with van der Waals surface area (Å²) >= 11 is 6.56. The van der Waals surface area contributed by atoms with Gasteiger partial charge >= 0.3 is 12.1 Å². The molecule has 0 bridgehead atoms. The third kappa shape index (κ3) is 4.93. The quantitative estimate of drug-likeness (QED) is 0.248. The highest BCUT2D eigenvalue weighted by Crippen LogP contribution is 2.45. The summed E-state index contributed by atoms with van der Waals surface area (Å²) in [5.74, 6) is 0.276. The Morgan fingerprint density at radius 2 is 1.78 bits per heavy atom. The van der Waals surface area contributed by atoms with Gasteiger partial charge in [-0.2, -0.15) is 0 Å². The third-order valence-electron chi connectivity index (χ3n) is 8.05. The van der Waals surface area contributed by atoms with E-state index in [9.17, 15) is 14.7 Å². The summed E-state index contributed by atoms with van der Waals surface area (Å²) in [6, 6.07) is 16.7. The predicted octanol–water partition coefficient (Wildman–Crippen LogP) is 6.13. The number of hydrogen-bond acceptors (Lipinski definition) is 5. The van der Waals surface area contributed by atoms with Gasteiger partial charge < -0.3 is 14.7 Å². The van der Waals surface area contributed by atoms with E-state index < -0.39 is 6.16 Å². The predicted molar refractivity (Wildman–Crippen MR) is 142 cm³/mol. The molecule has 1 amide bonds. The standard InChI is InChI=1S/C29H30ClN3O4/c1-33(28(34)24-6-2-3-7-26(24)30,22-13-17-32(18-14-22)21-11-15-31-16-12-21)27-8-4-5-20-9-10-23(19-25(20)27)37-29(35)36/h2-3,6-7,9-12,15-16,19,22,27H,4-5,8,13-14,17-18H2,1H3/p+1/t27-,33?/m1/s1. The number of hydrogen-bond donors (Lipinski definition) is 1. The minimum Gasteiger partial charge on any atom is -0.449 e. The van der Waals surface area contributed by atoms with E-state index in [-0.39, 0.29) is 28.2 Å². The number of carboxylic acid groups (broad SMARTS) is 1. The molecule has 3 aromatic rings. The monoisotopic (exact) mass is 520 g/mol. The Hall–Kier alpha value is -3.42. The van der Waals surface area contributed by atoms with Gasteiger partial charge in [0.25, 0.3) is 0 Å². The second kappa shape index (κ2) is 10.5. The van der Waals surface area contributed by atoms with E-state index in [1.165, 1.54) is 0 Å². The Labute approximate surface area is 221 Å². The summed E-state index contributed by atoms with van der Waals surface area (Å²) in [5.41, 5.74) is 3.79. The number of aromatic nitrogens is 1. The van der Waals surface area contributed by atoms with Crippen LogP contribution in [0.1, 0.15) is 53.2 Å². The molecule has 1 fully saturated rings. The van der Waals surface area contributed by atoms with Gasteiger partial charge in [-0.05, 0) is 54.8 Å². The van der Waals surface area contributed by atoms with Crippen LogP contribution in [0.2, 0.25) is 5.02 Å². The van der Waals surface area contributed by atoms with Crippen LogP contribution in [0.25, 0.3) is 0 Å². The second-order valence-corrected chi connectivity index (χ2v) is 10.4. The summed E-state index contributed by atoms with van der Waals surface area (Å²) < 4.78 is 5.20. The first kappa shape index (κ1) is 25.2. The van der Waals surface area contributed by atoms with Gasteiger partial charge in [-0.25, -0.2) is 14.1 Å². The number of benzene rings is 2. The van der Waals surface area contributed by atoms with Crippen molar-refractivity contribution in [3.63, 3.8) is 0 Å². The molecule has 2 aromatic carbocycles. The van der Waals surface area contributed by atoms with E-state index in [2.05, 4.69) is 9.88 Å². The molecule has 7 nitrogen and oxygen atoms in total. The van der Waals surface area contributed by atoms with E-state index in [1.807, 2.05) is 43.4 Å². The van der Waals surface area contributed by atoms with Gasteiger partial charge in [0, 0.05) is 56.0 Å². The van der Waals surface area contributed by atoms with Gasteiger partial charge in [-0.1, -0.05) is 29.8 Å². The van der Waals surface area contributed by atoms with Crippen LogP contribution in [-0.2, 0) is 6.42 Å². The molecule has 2 aliphatic rings. The van der Waals surface area contributed by atoms with Crippen LogP contribution >= 0.6 is 11.6 Å². The minimum atomic E-state index is -1.35. The first-order valence-corrected chi connectivity index (χ1v) is 13.1. The molecule has 1 aliphatic carbocycles. The molecule has 1 N–H and O–H groups in total. The number of piperidine rings is 1. The Morgan fingerprint density at radius 1 is 1.05 bits per heavy atom. The van der Waals surface area contributed by atoms with Crippen LogP contribution in [-0.4, -0.2) is 52.8 Å². The van der Waals surface area contributed by atoms with E-state index in [0.29, 0.717) is 10.6 Å². The molecule has 1 unspecified atom stereocenters. The molecule has 2 heterocycles. The number of halogens is 1. The van der Waals surface area contributed by atoms with Gasteiger partial charge in [0.05, 0.1) is 23.7 Å². The molecular formula is C29H31ClN3O4+. The number of carbonyl (C=O) groups is 2. The zero-order valence-corrected chi connectivity index (χ0v) is 21.6. The topological polar surface area (TPSA) is 79.7 Å². The van der Waals surface area contributed by atoms with Gasteiger partial charge in [0.2, 0.25) is 0 Å². The molecule has 192 valence electrons. The largest absolute Gasteiger partial charge is 0.511 e. The smallest absolute Gasteiger partial charge is 0.449 e. The summed E-state index contributed by atoms with van der Waals surface area (Å²) in [4.78, 5) is 32.2. The van der Waals surface area contributed by atoms with E-state index in [4.69, 9.17) is 16.3 Å². The summed E-state index contributed by atoms with van der Waals surface area (Å²) in [6.07, 6.45) is 6.60. The van der Waals surface area contributed by atoms with E-state index >= 15 is 0 Å². The molecule has 1 aromatic heterocycles. The molecule has 0 saturated carbocycles. The van der Waals surface area contributed by atoms with Gasteiger partial charge in [0.15, 0.2) is 0 Å². The number of pyridine rings is 1. The molecule has 37 heavy (non-hydrogen) atoms. The molecule has 8 heteroatoms. The van der Waals surface area contributed by atoms with E-state index in [1.54, 1.807) is 30.6 Å². The zero-order chi connectivity index (χ0) is 26.0. The first-order valence-electron chi connectivity index (χ1n) is 12.7. The van der Waals surface area contributed by atoms with Crippen LogP contribution in [0.4, 0.5) is 10.5 Å². The normalized spacial score (nSPS) is 19.5. The van der Waals surface area contributed by atoms with Crippen molar-refractivity contribution < 1.29 is 23.9 Å². The maximum atomic E-state index is 14.5. The van der Waals surface area contributed by atoms with E-state index in [0.717, 1.165) is 62.0 Å². The maximum Gasteiger partial charge on any atom is 0.511 e. The van der Waals surface area contributed by atoms with Crippen molar-refractivity contribution in [2.45, 2.75) is 44.2 Å². The summed E-state index contributed by atoms with van der Waals surface area (Å²) in [6.45, 7) is 1.67. The van der Waals surface area contributed by atoms with Crippen molar-refractivity contribution in [2.24, 2.45) is 0 Å². The number of fused-ring (bicyclic) bond motifs is 1. The van der Waals surface area contributed by atoms with Crippen molar-refractivity contribution in [1.82, 2.24) is 4.98 Å². The lowest BCUT2D eigenvalue weighted by atomic mass is 9.82. The third-order valence-corrected chi connectivity index (χ3v) is 8.37. The number of nitrogens with zero attached hydrogens (tertiary/aromatic N) is 3. The van der Waals surface area contributed by atoms with Crippen molar-refractivity contribution in [3.05, 3.63) is 88.7 Å². The molecule has 0 spiro atoms. The highest BCUT2D eigenvalue weighted by atomic mass is 35.5. The molecule has 5 rings (SSSR count). The number of quaternary nitrogens is 1. The number of aryl methyl sites for hydroxylation is 1. The lowest BCUT2D eigenvalue weighted by Crippen LogP contribution is -2.61. The van der Waals surface area contributed by atoms with Crippen LogP contribution in [0, 0.1) is 0 Å². The van der Waals surface area contributed by atoms with Crippen molar-refractivity contribution in [3.8, 4) is 5.75 Å². The molecule has 0 radical (unpaired) electrons. The van der Waals surface area contributed by atoms with Gasteiger partial charge in [0.1, 0.15) is 11.8 Å². The highest BCUT2D eigenvalue weighted by Gasteiger charge is 2.50. The number of ether oxygens (including phenoxy) is 1. The Bertz CT molecular complexity index is 1290. The van der Waals surface area contributed by atoms with Crippen LogP contribution in [0.5, 0.6) is 5.75 Å². The Morgan fingerprint density at radius 3 is 2.49 bits per heavy atom. The SMILES string of the molecule is C[N+](C(=O)c1ccccc1Cl)(C1CCN(c2ccncc2)CC1)[C@@H]1CCCc2ccc(OC(=O)O)cc21. The zero-order valence-electron chi connectivity index (χ0n) is 20.8. The fourth-order valence-electron chi connectivity index (χ4n) is 6.14. The number of rotatable bonds is 5. The fraction of sp³-hybridized carbons (Fsp3) is 0.345. The number of anilines is 1. The van der Waals surface area contributed by atoms with Gasteiger partial charge in [-0.3, -0.25) is 4.98 Å². The minimum absolute atomic E-state index is 0.00429. The van der Waals surface area contributed by atoms with Crippen molar-refractivity contribution in [1.29, 1.82) is 0 Å². The van der Waals surface area contributed by atoms with Crippen LogP contribution in [0.3, 0.4) is 0 Å². The molecule has 2 atom stereocenters. The number of amides is 1. The number of carbonyl (C=O) groups excluding carboxylic acids is 1. The lowest BCUT2D eigenvalue weighted by molar-refractivity contribution is -0.888. The Balaban J connectivity index is 1.54. The molecule has 1 aliphatic heterocycles. The van der Waals surface area contributed by atoms with Crippen LogP contribution in [0.15, 0.2) is 67.0 Å². The van der Waals surface area contributed by atoms with Crippen LogP contribution < -0.4 is 9.64 Å². The first-order chi connectivity index (χ1) is 17.9. The second-order valence-electron chi connectivity index (χ2n) is 9.99.